The lowest BCUT2D eigenvalue weighted by Crippen LogP contribution is -2.11. The van der Waals surface area contributed by atoms with E-state index in [1.807, 2.05) is 11.8 Å². The molecule has 0 amide bonds. The molecule has 0 radical (unpaired) electrons. The van der Waals surface area contributed by atoms with Gasteiger partial charge in [-0.2, -0.15) is 31.5 Å². The Bertz CT molecular complexity index is 2720. The van der Waals surface area contributed by atoms with Gasteiger partial charge in [0.05, 0.1) is 0 Å². The van der Waals surface area contributed by atoms with E-state index < -0.39 is 0 Å². The first kappa shape index (κ1) is 43.7. The van der Waals surface area contributed by atoms with Gasteiger partial charge in [0.25, 0.3) is 0 Å². The minimum atomic E-state index is -0.147. The molecule has 0 bridgehead atoms. The summed E-state index contributed by atoms with van der Waals surface area (Å²) in [6.45, 7) is 13.9. The number of anilines is 6. The summed E-state index contributed by atoms with van der Waals surface area (Å²) in [5, 5.41) is 5.28. The van der Waals surface area contributed by atoms with Crippen LogP contribution < -0.4 is 9.80 Å². The highest BCUT2D eigenvalue weighted by Crippen LogP contribution is 2.47. The Balaban J connectivity index is 1.49. The Hall–Kier alpha value is -4.33. The number of hydrogen-bond acceptors (Lipinski definition) is 3. The van der Waals surface area contributed by atoms with Crippen LogP contribution in [-0.2, 0) is 0 Å². The fourth-order valence-electron chi connectivity index (χ4n) is 8.25. The molecule has 0 aliphatic heterocycles. The van der Waals surface area contributed by atoms with E-state index in [1.54, 1.807) is 0 Å². The third-order valence-electron chi connectivity index (χ3n) is 11.1. The number of rotatable bonds is 15. The zero-order valence-electron chi connectivity index (χ0n) is 36.6. The maximum absolute atomic E-state index is 4.56. The molecule has 7 aromatic rings. The van der Waals surface area contributed by atoms with Crippen LogP contribution in [0.15, 0.2) is 153 Å². The predicted molar refractivity (Wildman–Crippen MR) is 281 cm³/mol. The molecule has 0 N–H and O–H groups in total. The zero-order valence-corrected chi connectivity index (χ0v) is 39.9. The SMILES string of the molecule is C=S(C)c1cc(SCCC)cc(N(c2ccccc2)c2ccc3c(C(C)C)c4cc(N(c5ccccc5)c5cc(S(=C)CC)cc([S@@](=C)C)c5)ccc4c(C(C)C)c3c2)c1. The highest BCUT2D eigenvalue weighted by atomic mass is 32.2. The predicted octanol–water partition coefficient (Wildman–Crippen LogP) is 17.1. The number of thioether (sulfide) groups is 1. The summed E-state index contributed by atoms with van der Waals surface area (Å²) in [5.41, 5.74) is 9.69. The number of hydrogen-bond donors (Lipinski definition) is 0. The van der Waals surface area contributed by atoms with Gasteiger partial charge < -0.3 is 9.80 Å². The van der Waals surface area contributed by atoms with Gasteiger partial charge in [0.2, 0.25) is 0 Å². The zero-order chi connectivity index (χ0) is 42.7. The average Bonchev–Trinajstić information content (AvgIpc) is 3.24. The van der Waals surface area contributed by atoms with E-state index in [4.69, 9.17) is 0 Å². The van der Waals surface area contributed by atoms with Crippen molar-refractivity contribution >= 4 is 116 Å². The van der Waals surface area contributed by atoms with Gasteiger partial charge in [0.1, 0.15) is 0 Å². The molecule has 6 heteroatoms. The molecule has 60 heavy (non-hydrogen) atoms. The number of fused-ring (bicyclic) bond motifs is 2. The maximum atomic E-state index is 4.56. The van der Waals surface area contributed by atoms with Crippen LogP contribution in [-0.4, -0.2) is 41.6 Å². The van der Waals surface area contributed by atoms with E-state index in [2.05, 4.69) is 215 Å². The second-order valence-electron chi connectivity index (χ2n) is 16.2. The van der Waals surface area contributed by atoms with E-state index in [0.717, 1.165) is 46.4 Å². The van der Waals surface area contributed by atoms with Crippen LogP contribution in [0.25, 0.3) is 21.5 Å². The number of nitrogens with zero attached hydrogens (tertiary/aromatic N) is 2. The van der Waals surface area contributed by atoms with E-state index in [-0.39, 0.29) is 31.5 Å². The molecule has 0 spiro atoms. The Labute approximate surface area is 371 Å². The molecule has 2 nitrogen and oxygen atoms in total. The molecule has 7 rings (SSSR count). The quantitative estimate of drug-likeness (QED) is 0.0576. The van der Waals surface area contributed by atoms with E-state index in [9.17, 15) is 0 Å². The van der Waals surface area contributed by atoms with Crippen LogP contribution in [0.3, 0.4) is 0 Å². The van der Waals surface area contributed by atoms with Gasteiger partial charge in [-0.25, -0.2) is 0 Å². The molecule has 7 aromatic carbocycles. The Kier molecular flexibility index (Phi) is 14.0. The van der Waals surface area contributed by atoms with E-state index in [0.29, 0.717) is 11.8 Å². The molecule has 0 aliphatic carbocycles. The molecule has 0 saturated carbocycles. The Morgan fingerprint density at radius 2 is 0.933 bits per heavy atom. The molecule has 0 heterocycles. The summed E-state index contributed by atoms with van der Waals surface area (Å²) in [6, 6.07) is 50.2. The molecule has 3 atom stereocenters. The third-order valence-corrected chi connectivity index (χ3v) is 15.9. The van der Waals surface area contributed by atoms with Crippen molar-refractivity contribution in [1.29, 1.82) is 0 Å². The Morgan fingerprint density at radius 1 is 0.483 bits per heavy atom. The summed E-state index contributed by atoms with van der Waals surface area (Å²) in [6.07, 6.45) is 5.56. The van der Waals surface area contributed by atoms with Gasteiger partial charge in [0.15, 0.2) is 0 Å². The van der Waals surface area contributed by atoms with Crippen molar-refractivity contribution in [2.45, 2.75) is 79.4 Å². The first-order valence-electron chi connectivity index (χ1n) is 21.0. The first-order valence-corrected chi connectivity index (χ1v) is 27.1. The number of benzene rings is 7. The monoisotopic (exact) mass is 864 g/mol. The van der Waals surface area contributed by atoms with Crippen LogP contribution in [0.5, 0.6) is 0 Å². The van der Waals surface area contributed by atoms with Gasteiger partial charge in [0, 0.05) is 53.7 Å². The molecule has 0 fully saturated rings. The average molecular weight is 865 g/mol. The van der Waals surface area contributed by atoms with Crippen molar-refractivity contribution in [3.63, 3.8) is 0 Å². The fourth-order valence-corrected chi connectivity index (χ4v) is 11.5. The summed E-state index contributed by atoms with van der Waals surface area (Å²) in [7, 11) is -0.380. The fraction of sp³-hybridized carbons (Fsp3) is 0.241. The molecular formula is C54H60N2S4. The molecular weight excluding hydrogens is 805 g/mol. The Morgan fingerprint density at radius 3 is 1.37 bits per heavy atom. The highest BCUT2D eigenvalue weighted by molar-refractivity contribution is 8.14. The van der Waals surface area contributed by atoms with Crippen LogP contribution in [0.1, 0.15) is 70.9 Å². The summed E-state index contributed by atoms with van der Waals surface area (Å²) in [4.78, 5) is 10.0. The minimum absolute atomic E-state index is 0.107. The largest absolute Gasteiger partial charge is 0.310 e. The van der Waals surface area contributed by atoms with Gasteiger partial charge in [-0.3, -0.25) is 0 Å². The van der Waals surface area contributed by atoms with Gasteiger partial charge in [-0.15, -0.1) is 11.8 Å². The van der Waals surface area contributed by atoms with Crippen LogP contribution in [0, 0.1) is 0 Å². The second-order valence-corrected chi connectivity index (χ2v) is 22.9. The second kappa shape index (κ2) is 19.2. The van der Waals surface area contributed by atoms with Gasteiger partial charge in [-0.05, 0) is 160 Å². The third kappa shape index (κ3) is 9.13. The molecule has 0 aromatic heterocycles. The highest BCUT2D eigenvalue weighted by Gasteiger charge is 2.23. The molecule has 0 saturated heterocycles. The van der Waals surface area contributed by atoms with Crippen molar-refractivity contribution in [1.82, 2.24) is 0 Å². The van der Waals surface area contributed by atoms with Crippen LogP contribution in [0.4, 0.5) is 34.1 Å². The molecule has 2 unspecified atom stereocenters. The van der Waals surface area contributed by atoms with Crippen LogP contribution >= 0.6 is 43.2 Å². The van der Waals surface area contributed by atoms with Crippen molar-refractivity contribution in [3.05, 3.63) is 145 Å². The van der Waals surface area contributed by atoms with Crippen LogP contribution in [0.2, 0.25) is 0 Å². The lowest BCUT2D eigenvalue weighted by molar-refractivity contribution is 0.873. The topological polar surface area (TPSA) is 6.48 Å². The van der Waals surface area contributed by atoms with Crippen molar-refractivity contribution < 1.29 is 0 Å². The minimum Gasteiger partial charge on any atom is -0.310 e. The first-order chi connectivity index (χ1) is 28.9. The van der Waals surface area contributed by atoms with E-state index in [1.165, 1.54) is 57.9 Å². The molecule has 310 valence electrons. The van der Waals surface area contributed by atoms with E-state index >= 15 is 0 Å². The lowest BCUT2D eigenvalue weighted by Gasteiger charge is -2.30. The lowest BCUT2D eigenvalue weighted by atomic mass is 9.83. The maximum Gasteiger partial charge on any atom is 0.0483 e. The normalized spacial score (nSPS) is 13.2. The summed E-state index contributed by atoms with van der Waals surface area (Å²) in [5.74, 6) is 16.2. The van der Waals surface area contributed by atoms with Gasteiger partial charge >= 0.3 is 0 Å². The van der Waals surface area contributed by atoms with Crippen molar-refractivity contribution in [2.75, 3.05) is 33.8 Å². The standard InChI is InChI=1S/C54H60N2S4/c1-12-28-57-45-29-43(30-46(35-45)58(7)8)55(39-20-16-14-17-21-39)41-24-26-49-51(33-41)53(37(3)4)50-27-25-42(34-52(50)54(49)38(5)6)56(40-22-18-15-19-23-40)44-31-47(59(9)10)36-48(32-44)60(11)13-2/h14-27,29-38H,7,9,11-13,28H2,1-6,8,10H3/t58?,59-,60?/m0/s1. The van der Waals surface area contributed by atoms with Gasteiger partial charge in [-0.1, -0.05) is 108 Å². The van der Waals surface area contributed by atoms with Crippen molar-refractivity contribution in [2.24, 2.45) is 0 Å². The number of para-hydroxylation sites is 2. The molecule has 0 aliphatic rings. The summed E-state index contributed by atoms with van der Waals surface area (Å²) >= 11 is 1.94. The van der Waals surface area contributed by atoms with Crippen molar-refractivity contribution in [3.8, 4) is 0 Å². The smallest absolute Gasteiger partial charge is 0.0483 e. The summed E-state index contributed by atoms with van der Waals surface area (Å²) < 4.78 is 0.